The van der Waals surface area contributed by atoms with Crippen molar-refractivity contribution in [1.29, 1.82) is 0 Å². The minimum Gasteiger partial charge on any atom is -0.385 e. The Labute approximate surface area is 126 Å². The number of nitrogens with one attached hydrogen (secondary N) is 1. The van der Waals surface area contributed by atoms with Gasteiger partial charge in [0.15, 0.2) is 0 Å². The second-order valence-electron chi connectivity index (χ2n) is 5.43. The van der Waals surface area contributed by atoms with Gasteiger partial charge in [-0.1, -0.05) is 18.2 Å². The van der Waals surface area contributed by atoms with Gasteiger partial charge in [-0.15, -0.1) is 0 Å². The molecule has 2 rings (SSSR count). The Balaban J connectivity index is 1.96. The van der Waals surface area contributed by atoms with Crippen LogP contribution in [0.2, 0.25) is 0 Å². The minimum atomic E-state index is 0.0522. The lowest BCUT2D eigenvalue weighted by atomic mass is 10.0. The first-order valence-electron chi connectivity index (χ1n) is 7.57. The molecule has 3 N–H and O–H groups in total. The summed E-state index contributed by atoms with van der Waals surface area (Å²) in [5, 5.41) is 2.94. The molecule has 0 radical (unpaired) electrons. The molecule has 21 heavy (non-hydrogen) atoms. The van der Waals surface area contributed by atoms with Gasteiger partial charge in [-0.25, -0.2) is 0 Å². The summed E-state index contributed by atoms with van der Waals surface area (Å²) in [6.45, 7) is 2.58. The van der Waals surface area contributed by atoms with Crippen molar-refractivity contribution in [2.24, 2.45) is 5.73 Å². The van der Waals surface area contributed by atoms with E-state index in [0.717, 1.165) is 37.1 Å². The van der Waals surface area contributed by atoms with Crippen LogP contribution in [0.15, 0.2) is 24.3 Å². The highest BCUT2D eigenvalue weighted by molar-refractivity contribution is 5.81. The van der Waals surface area contributed by atoms with Crippen molar-refractivity contribution in [3.63, 3.8) is 0 Å². The molecule has 0 saturated carbocycles. The number of fused-ring (bicyclic) bond motifs is 1. The number of hydrogen-bond donors (Lipinski definition) is 2. The zero-order valence-corrected chi connectivity index (χ0v) is 12.7. The average Bonchev–Trinajstić information content (AvgIpc) is 2.64. The number of methoxy groups -OCH3 is 1. The van der Waals surface area contributed by atoms with Crippen LogP contribution in [0.1, 0.15) is 30.9 Å². The summed E-state index contributed by atoms with van der Waals surface area (Å²) in [5.41, 5.74) is 8.44. The molecule has 0 saturated heterocycles. The standard InChI is InChI=1S/C16H25N3O2/c1-21-11-5-9-18-16(20)12-19-10-4-7-14(17)13-6-2-3-8-15(13)19/h2-3,6,8,14H,4-5,7,9-12,17H2,1H3,(H,18,20). The van der Waals surface area contributed by atoms with Crippen molar-refractivity contribution in [2.45, 2.75) is 25.3 Å². The van der Waals surface area contributed by atoms with Crippen molar-refractivity contribution in [3.8, 4) is 0 Å². The summed E-state index contributed by atoms with van der Waals surface area (Å²) in [7, 11) is 1.67. The van der Waals surface area contributed by atoms with Crippen LogP contribution in [0.5, 0.6) is 0 Å². The fraction of sp³-hybridized carbons (Fsp3) is 0.562. The number of para-hydroxylation sites is 1. The van der Waals surface area contributed by atoms with Crippen LogP contribution in [0.25, 0.3) is 0 Å². The lowest BCUT2D eigenvalue weighted by Crippen LogP contribution is -2.38. The number of nitrogens with zero attached hydrogens (tertiary/aromatic N) is 1. The lowest BCUT2D eigenvalue weighted by Gasteiger charge is -2.24. The van der Waals surface area contributed by atoms with E-state index in [1.165, 1.54) is 0 Å². The maximum absolute atomic E-state index is 12.1. The maximum Gasteiger partial charge on any atom is 0.239 e. The van der Waals surface area contributed by atoms with Crippen LogP contribution in [0.3, 0.4) is 0 Å². The summed E-state index contributed by atoms with van der Waals surface area (Å²) in [5.74, 6) is 0.0522. The van der Waals surface area contributed by atoms with Gasteiger partial charge in [0.1, 0.15) is 0 Å². The number of rotatable bonds is 6. The van der Waals surface area contributed by atoms with E-state index < -0.39 is 0 Å². The summed E-state index contributed by atoms with van der Waals surface area (Å²) >= 11 is 0. The Morgan fingerprint density at radius 3 is 3.10 bits per heavy atom. The Hall–Kier alpha value is -1.59. The van der Waals surface area contributed by atoms with Gasteiger partial charge in [0.25, 0.3) is 0 Å². The first kappa shape index (κ1) is 15.8. The Kier molecular flexibility index (Phi) is 6.02. The van der Waals surface area contributed by atoms with Crippen molar-refractivity contribution in [1.82, 2.24) is 5.32 Å². The predicted molar refractivity (Wildman–Crippen MR) is 84.3 cm³/mol. The van der Waals surface area contributed by atoms with Crippen molar-refractivity contribution in [3.05, 3.63) is 29.8 Å². The van der Waals surface area contributed by atoms with E-state index in [9.17, 15) is 4.79 Å². The van der Waals surface area contributed by atoms with Crippen molar-refractivity contribution < 1.29 is 9.53 Å². The average molecular weight is 291 g/mol. The molecule has 0 aromatic heterocycles. The van der Waals surface area contributed by atoms with E-state index in [2.05, 4.69) is 22.3 Å². The molecule has 5 heteroatoms. The van der Waals surface area contributed by atoms with Crippen LogP contribution in [0.4, 0.5) is 5.69 Å². The van der Waals surface area contributed by atoms with E-state index in [1.54, 1.807) is 7.11 Å². The van der Waals surface area contributed by atoms with Gasteiger partial charge in [-0.2, -0.15) is 0 Å². The van der Waals surface area contributed by atoms with E-state index in [0.29, 0.717) is 19.7 Å². The highest BCUT2D eigenvalue weighted by Crippen LogP contribution is 2.30. The molecule has 116 valence electrons. The molecule has 0 aliphatic carbocycles. The molecule has 0 fully saturated rings. The maximum atomic E-state index is 12.1. The van der Waals surface area contributed by atoms with Crippen LogP contribution in [0, 0.1) is 0 Å². The summed E-state index contributed by atoms with van der Waals surface area (Å²) < 4.78 is 4.97. The molecular weight excluding hydrogens is 266 g/mol. The van der Waals surface area contributed by atoms with Gasteiger partial charge in [-0.05, 0) is 30.9 Å². The number of amides is 1. The van der Waals surface area contributed by atoms with Gasteiger partial charge < -0.3 is 20.7 Å². The molecule has 0 spiro atoms. The molecule has 1 amide bonds. The molecule has 0 bridgehead atoms. The van der Waals surface area contributed by atoms with Crippen LogP contribution >= 0.6 is 0 Å². The highest BCUT2D eigenvalue weighted by Gasteiger charge is 2.21. The van der Waals surface area contributed by atoms with Gasteiger partial charge in [0.2, 0.25) is 5.91 Å². The third-order valence-corrected chi connectivity index (χ3v) is 3.80. The largest absolute Gasteiger partial charge is 0.385 e. The number of anilines is 1. The molecule has 1 aliphatic rings. The van der Waals surface area contributed by atoms with E-state index in [-0.39, 0.29) is 11.9 Å². The number of benzene rings is 1. The van der Waals surface area contributed by atoms with Crippen LogP contribution in [-0.4, -0.2) is 39.3 Å². The van der Waals surface area contributed by atoms with Gasteiger partial charge in [0, 0.05) is 38.5 Å². The molecule has 1 heterocycles. The smallest absolute Gasteiger partial charge is 0.239 e. The Morgan fingerprint density at radius 1 is 1.48 bits per heavy atom. The fourth-order valence-corrected chi connectivity index (χ4v) is 2.70. The minimum absolute atomic E-state index is 0.0522. The fourth-order valence-electron chi connectivity index (χ4n) is 2.70. The molecule has 1 aromatic rings. The van der Waals surface area contributed by atoms with E-state index in [1.807, 2.05) is 12.1 Å². The predicted octanol–water partition coefficient (Wildman–Crippen LogP) is 1.44. The second-order valence-corrected chi connectivity index (χ2v) is 5.43. The molecule has 1 unspecified atom stereocenters. The van der Waals surface area contributed by atoms with Gasteiger partial charge in [-0.3, -0.25) is 4.79 Å². The monoisotopic (exact) mass is 291 g/mol. The van der Waals surface area contributed by atoms with Gasteiger partial charge in [0.05, 0.1) is 6.54 Å². The first-order chi connectivity index (χ1) is 10.2. The summed E-state index contributed by atoms with van der Waals surface area (Å²) in [6.07, 6.45) is 2.81. The quantitative estimate of drug-likeness (QED) is 0.778. The molecular formula is C16H25N3O2. The number of carbonyl (C=O) groups is 1. The first-order valence-corrected chi connectivity index (χ1v) is 7.57. The number of hydrogen-bond acceptors (Lipinski definition) is 4. The van der Waals surface area contributed by atoms with Crippen LogP contribution in [-0.2, 0) is 9.53 Å². The Morgan fingerprint density at radius 2 is 2.29 bits per heavy atom. The normalized spacial score (nSPS) is 18.0. The third kappa shape index (κ3) is 4.44. The summed E-state index contributed by atoms with van der Waals surface area (Å²) in [4.78, 5) is 14.2. The van der Waals surface area contributed by atoms with E-state index in [4.69, 9.17) is 10.5 Å². The van der Waals surface area contributed by atoms with Crippen molar-refractivity contribution >= 4 is 11.6 Å². The number of ether oxygens (including phenoxy) is 1. The lowest BCUT2D eigenvalue weighted by molar-refractivity contribution is -0.119. The number of carbonyl (C=O) groups excluding carboxylic acids is 1. The SMILES string of the molecule is COCCCNC(=O)CN1CCCC(N)c2ccccc21. The molecule has 5 nitrogen and oxygen atoms in total. The Bertz CT molecular complexity index is 465. The zero-order valence-electron chi connectivity index (χ0n) is 12.7. The molecule has 1 aliphatic heterocycles. The third-order valence-electron chi connectivity index (χ3n) is 3.80. The van der Waals surface area contributed by atoms with Crippen LogP contribution < -0.4 is 16.0 Å². The number of nitrogens with two attached hydrogens (primary N) is 1. The second kappa shape index (κ2) is 8.00. The van der Waals surface area contributed by atoms with Gasteiger partial charge >= 0.3 is 0 Å². The van der Waals surface area contributed by atoms with Crippen molar-refractivity contribution in [2.75, 3.05) is 38.3 Å². The summed E-state index contributed by atoms with van der Waals surface area (Å²) in [6, 6.07) is 8.19. The highest BCUT2D eigenvalue weighted by atomic mass is 16.5. The zero-order chi connectivity index (χ0) is 15.1. The van der Waals surface area contributed by atoms with E-state index >= 15 is 0 Å². The molecule has 1 aromatic carbocycles. The topological polar surface area (TPSA) is 67.6 Å². The molecule has 1 atom stereocenters.